The first-order chi connectivity index (χ1) is 9.48. The third-order valence-corrected chi connectivity index (χ3v) is 3.44. The van der Waals surface area contributed by atoms with E-state index in [-0.39, 0.29) is 5.82 Å². The molecule has 1 aliphatic heterocycles. The van der Waals surface area contributed by atoms with Gasteiger partial charge in [-0.25, -0.2) is 9.50 Å². The van der Waals surface area contributed by atoms with Crippen molar-refractivity contribution in [2.45, 2.75) is 23.9 Å². The smallest absolute Gasteiger partial charge is 0.183 e. The minimum absolute atomic E-state index is 0.278. The van der Waals surface area contributed by atoms with E-state index in [9.17, 15) is 10.2 Å². The van der Waals surface area contributed by atoms with Crippen molar-refractivity contribution >= 4 is 11.3 Å². The summed E-state index contributed by atoms with van der Waals surface area (Å²) in [5.41, 5.74) is 5.01. The Kier molecular flexibility index (Phi) is 2.65. The van der Waals surface area contributed by atoms with Gasteiger partial charge >= 0.3 is 0 Å². The van der Waals surface area contributed by atoms with E-state index < -0.39 is 23.9 Å². The zero-order chi connectivity index (χ0) is 14.5. The molecule has 1 radical (unpaired) electrons. The van der Waals surface area contributed by atoms with Crippen LogP contribution in [-0.2, 0) is 4.74 Å². The van der Waals surface area contributed by atoms with Crippen molar-refractivity contribution in [3.05, 3.63) is 31.1 Å². The van der Waals surface area contributed by atoms with Crippen LogP contribution in [0.15, 0.2) is 18.5 Å². The summed E-state index contributed by atoms with van der Waals surface area (Å²) in [6.07, 6.45) is -2.37. The van der Waals surface area contributed by atoms with E-state index in [1.807, 2.05) is 0 Å². The fourth-order valence-corrected chi connectivity index (χ4v) is 2.32. The third-order valence-electron chi connectivity index (χ3n) is 3.44. The van der Waals surface area contributed by atoms with Crippen molar-refractivity contribution in [3.8, 4) is 6.07 Å². The molecule has 8 nitrogen and oxygen atoms in total. The topological polar surface area (TPSA) is 130 Å². The second kappa shape index (κ2) is 4.14. The summed E-state index contributed by atoms with van der Waals surface area (Å²) < 4.78 is 6.87. The van der Waals surface area contributed by atoms with E-state index in [4.69, 9.17) is 15.7 Å². The average Bonchev–Trinajstić information content (AvgIpc) is 2.96. The zero-order valence-electron chi connectivity index (χ0n) is 10.3. The largest absolute Gasteiger partial charge is 0.387 e. The highest BCUT2D eigenvalue weighted by molar-refractivity contribution is 5.65. The minimum Gasteiger partial charge on any atom is -0.387 e. The highest BCUT2D eigenvalue weighted by atomic mass is 16.6. The lowest BCUT2D eigenvalue weighted by Gasteiger charge is -2.17. The fourth-order valence-electron chi connectivity index (χ4n) is 2.32. The lowest BCUT2D eigenvalue weighted by molar-refractivity contribution is -0.0146. The summed E-state index contributed by atoms with van der Waals surface area (Å²) in [5, 5.41) is 33.0. The van der Waals surface area contributed by atoms with E-state index in [0.717, 1.165) is 0 Å². The van der Waals surface area contributed by atoms with Crippen molar-refractivity contribution in [2.75, 3.05) is 5.73 Å². The number of nitrogens with two attached hydrogens (primary N) is 1. The standard InChI is InChI=1S/C12H12N5O3/c1-12(4-13)10(19)8(18)9(20-12)6-2-3-7-11(14)15-5-16-17(6)7/h2-3,5,8-10,18-19H,1H2,(H2,14,15,16)/t8-,9-,10-,12+/m0/s1. The number of aliphatic hydroxyl groups is 2. The van der Waals surface area contributed by atoms with E-state index in [1.54, 1.807) is 18.2 Å². The van der Waals surface area contributed by atoms with Gasteiger partial charge in [0.1, 0.15) is 36.2 Å². The van der Waals surface area contributed by atoms with Crippen LogP contribution in [0.5, 0.6) is 0 Å². The van der Waals surface area contributed by atoms with Gasteiger partial charge in [-0.05, 0) is 19.1 Å². The lowest BCUT2D eigenvalue weighted by Crippen LogP contribution is -2.39. The maximum atomic E-state index is 10.1. The maximum absolute atomic E-state index is 10.1. The van der Waals surface area contributed by atoms with Crippen LogP contribution in [0.2, 0.25) is 0 Å². The Bertz CT molecular complexity index is 709. The number of rotatable bonds is 1. The number of fused-ring (bicyclic) bond motifs is 1. The van der Waals surface area contributed by atoms with Crippen LogP contribution < -0.4 is 5.73 Å². The molecule has 1 fully saturated rings. The number of anilines is 1. The number of nitrogen functional groups attached to an aromatic ring is 1. The molecule has 4 atom stereocenters. The van der Waals surface area contributed by atoms with Gasteiger partial charge in [-0.1, -0.05) is 0 Å². The van der Waals surface area contributed by atoms with Gasteiger partial charge in [-0.2, -0.15) is 10.4 Å². The highest BCUT2D eigenvalue weighted by Crippen LogP contribution is 2.39. The van der Waals surface area contributed by atoms with Crippen molar-refractivity contribution < 1.29 is 14.9 Å². The molecule has 3 heterocycles. The molecule has 2 aromatic heterocycles. The van der Waals surface area contributed by atoms with Gasteiger partial charge in [0.2, 0.25) is 0 Å². The summed E-state index contributed by atoms with van der Waals surface area (Å²) in [6, 6.07) is 5.07. The van der Waals surface area contributed by atoms with Crippen molar-refractivity contribution in [2.24, 2.45) is 0 Å². The predicted molar refractivity (Wildman–Crippen MR) is 66.9 cm³/mol. The molecule has 0 unspecified atom stereocenters. The summed E-state index contributed by atoms with van der Waals surface area (Å²) in [7, 11) is 0. The number of aromatic nitrogens is 3. The number of nitriles is 1. The molecule has 0 bridgehead atoms. The first-order valence-corrected chi connectivity index (χ1v) is 5.86. The summed E-state index contributed by atoms with van der Waals surface area (Å²) in [5.74, 6) is 0.278. The fraction of sp³-hybridized carbons (Fsp3) is 0.333. The molecule has 0 spiro atoms. The van der Waals surface area contributed by atoms with E-state index >= 15 is 0 Å². The first kappa shape index (κ1) is 12.8. The molecule has 0 amide bonds. The van der Waals surface area contributed by atoms with Gasteiger partial charge in [0.15, 0.2) is 11.4 Å². The van der Waals surface area contributed by atoms with Crippen LogP contribution in [0.1, 0.15) is 11.8 Å². The van der Waals surface area contributed by atoms with Crippen molar-refractivity contribution in [1.82, 2.24) is 14.6 Å². The van der Waals surface area contributed by atoms with Crippen LogP contribution >= 0.6 is 0 Å². The molecule has 1 saturated heterocycles. The van der Waals surface area contributed by atoms with E-state index in [0.29, 0.717) is 11.2 Å². The Morgan fingerprint density at radius 2 is 2.25 bits per heavy atom. The zero-order valence-corrected chi connectivity index (χ0v) is 10.3. The van der Waals surface area contributed by atoms with Gasteiger partial charge in [0.05, 0.1) is 5.69 Å². The molecule has 3 rings (SSSR count). The van der Waals surface area contributed by atoms with Crippen LogP contribution in [0.3, 0.4) is 0 Å². The third kappa shape index (κ3) is 1.58. The van der Waals surface area contributed by atoms with Crippen molar-refractivity contribution in [3.63, 3.8) is 0 Å². The molecule has 0 saturated carbocycles. The van der Waals surface area contributed by atoms with Crippen LogP contribution in [0, 0.1) is 18.3 Å². The second-order valence-corrected chi connectivity index (χ2v) is 4.68. The van der Waals surface area contributed by atoms with Gasteiger partial charge in [-0.15, -0.1) is 0 Å². The number of nitrogens with zero attached hydrogens (tertiary/aromatic N) is 4. The van der Waals surface area contributed by atoms with Crippen molar-refractivity contribution in [1.29, 1.82) is 5.26 Å². The summed E-state index contributed by atoms with van der Waals surface area (Å²) in [4.78, 5) is 3.85. The van der Waals surface area contributed by atoms with E-state index in [2.05, 4.69) is 17.0 Å². The van der Waals surface area contributed by atoms with Gasteiger partial charge in [0, 0.05) is 0 Å². The monoisotopic (exact) mass is 274 g/mol. The molecule has 1 aliphatic rings. The van der Waals surface area contributed by atoms with Gasteiger partial charge in [0.25, 0.3) is 0 Å². The molecule has 8 heteroatoms. The van der Waals surface area contributed by atoms with Crippen LogP contribution in [-0.4, -0.2) is 42.6 Å². The number of hydrogen-bond donors (Lipinski definition) is 3. The summed E-state index contributed by atoms with van der Waals surface area (Å²) >= 11 is 0. The maximum Gasteiger partial charge on any atom is 0.183 e. The molecule has 0 aromatic carbocycles. The number of hydrogen-bond acceptors (Lipinski definition) is 7. The normalized spacial score (nSPS) is 33.4. The number of ether oxygens (including phenoxy) is 1. The molecule has 0 aliphatic carbocycles. The molecular formula is C12H12N5O3. The van der Waals surface area contributed by atoms with E-state index in [1.165, 1.54) is 10.8 Å². The Morgan fingerprint density at radius 1 is 1.50 bits per heavy atom. The highest BCUT2D eigenvalue weighted by Gasteiger charge is 2.53. The van der Waals surface area contributed by atoms with Crippen LogP contribution in [0.25, 0.3) is 5.52 Å². The predicted octanol–water partition coefficient (Wildman–Crippen LogP) is -0.799. The molecule has 103 valence electrons. The molecule has 4 N–H and O–H groups in total. The second-order valence-electron chi connectivity index (χ2n) is 4.68. The Morgan fingerprint density at radius 3 is 2.90 bits per heavy atom. The average molecular weight is 274 g/mol. The quantitative estimate of drug-likeness (QED) is 0.620. The Labute approximate surface area is 114 Å². The minimum atomic E-state index is -1.72. The van der Waals surface area contributed by atoms with Gasteiger partial charge in [-0.3, -0.25) is 0 Å². The summed E-state index contributed by atoms with van der Waals surface area (Å²) in [6.45, 7) is 3.52. The molecular weight excluding hydrogens is 262 g/mol. The first-order valence-electron chi connectivity index (χ1n) is 5.86. The van der Waals surface area contributed by atoms with Crippen LogP contribution in [0.4, 0.5) is 5.82 Å². The Balaban J connectivity index is 2.09. The SMILES string of the molecule is [CH2][C@]1(C#N)O[C@@H](c2ccc3c(N)ncnn23)[C@H](O)[C@@H]1O. The molecule has 2 aromatic rings. The van der Waals surface area contributed by atoms with Gasteiger partial charge < -0.3 is 20.7 Å². The molecule has 20 heavy (non-hydrogen) atoms. The Hall–Kier alpha value is -2.21. The lowest BCUT2D eigenvalue weighted by atomic mass is 9.97. The number of aliphatic hydroxyl groups excluding tert-OH is 2.